The summed E-state index contributed by atoms with van der Waals surface area (Å²) in [6, 6.07) is 3.93. The van der Waals surface area contributed by atoms with Crippen molar-refractivity contribution in [1.29, 1.82) is 0 Å². The second-order valence-electron chi connectivity index (χ2n) is 5.30. The lowest BCUT2D eigenvalue weighted by Crippen LogP contribution is -2.31. The number of esters is 1. The van der Waals surface area contributed by atoms with Gasteiger partial charge in [0.25, 0.3) is 0 Å². The number of benzene rings is 1. The van der Waals surface area contributed by atoms with Gasteiger partial charge in [-0.2, -0.15) is 0 Å². The van der Waals surface area contributed by atoms with E-state index in [1.54, 1.807) is 32.9 Å². The summed E-state index contributed by atoms with van der Waals surface area (Å²) in [5, 5.41) is 0. The van der Waals surface area contributed by atoms with E-state index in [4.69, 9.17) is 15.2 Å². The third kappa shape index (κ3) is 3.93. The highest BCUT2D eigenvalue weighted by molar-refractivity contribution is 5.76. The third-order valence-electron chi connectivity index (χ3n) is 3.17. The van der Waals surface area contributed by atoms with Gasteiger partial charge in [-0.15, -0.1) is 0 Å². The number of nitrogens with two attached hydrogens (primary N) is 1. The number of ether oxygens (including phenoxy) is 2. The van der Waals surface area contributed by atoms with Crippen LogP contribution in [0.2, 0.25) is 0 Å². The molecule has 0 spiro atoms. The van der Waals surface area contributed by atoms with Crippen molar-refractivity contribution >= 4 is 5.97 Å². The van der Waals surface area contributed by atoms with E-state index < -0.39 is 17.3 Å². The molecule has 0 saturated carbocycles. The first-order chi connectivity index (χ1) is 9.31. The molecule has 0 aliphatic carbocycles. The molecule has 1 rings (SSSR count). The van der Waals surface area contributed by atoms with Gasteiger partial charge in [-0.25, -0.2) is 4.39 Å². The summed E-state index contributed by atoms with van der Waals surface area (Å²) in [7, 11) is 1.47. The molecule has 0 aliphatic heterocycles. The molecule has 2 N–H and O–H groups in total. The van der Waals surface area contributed by atoms with Crippen LogP contribution in [0.5, 0.6) is 5.75 Å². The molecule has 1 aromatic carbocycles. The van der Waals surface area contributed by atoms with E-state index in [-0.39, 0.29) is 5.97 Å². The zero-order chi connectivity index (χ0) is 15.3. The Morgan fingerprint density at radius 2 is 2.10 bits per heavy atom. The highest BCUT2D eigenvalue weighted by Crippen LogP contribution is 2.31. The molecule has 112 valence electrons. The number of methoxy groups -OCH3 is 1. The van der Waals surface area contributed by atoms with Gasteiger partial charge in [0.05, 0.1) is 19.1 Å². The lowest BCUT2D eigenvalue weighted by atomic mass is 9.83. The highest BCUT2D eigenvalue weighted by atomic mass is 19.1. The molecule has 1 aromatic rings. The first-order valence-corrected chi connectivity index (χ1v) is 6.58. The summed E-state index contributed by atoms with van der Waals surface area (Å²) in [5.74, 6) is -0.330. The van der Waals surface area contributed by atoms with Crippen LogP contribution in [0.15, 0.2) is 18.2 Å². The molecule has 5 heteroatoms. The Kier molecular flexibility index (Phi) is 5.51. The lowest BCUT2D eigenvalue weighted by molar-refractivity contribution is -0.154. The second-order valence-corrected chi connectivity index (χ2v) is 5.30. The molecule has 0 heterocycles. The summed E-state index contributed by atoms with van der Waals surface area (Å²) >= 11 is 0. The number of halogens is 1. The molecule has 0 aromatic heterocycles. The SMILES string of the molecule is CCOC(=O)C(C)(C)CC(N)c1ccc(OC)cc1F. The molecule has 0 aliphatic rings. The number of hydrogen-bond acceptors (Lipinski definition) is 4. The van der Waals surface area contributed by atoms with Crippen LogP contribution in [0.3, 0.4) is 0 Å². The minimum Gasteiger partial charge on any atom is -0.497 e. The van der Waals surface area contributed by atoms with Gasteiger partial charge in [-0.1, -0.05) is 6.07 Å². The maximum atomic E-state index is 13.9. The van der Waals surface area contributed by atoms with Gasteiger partial charge in [-0.3, -0.25) is 4.79 Å². The van der Waals surface area contributed by atoms with Crippen LogP contribution < -0.4 is 10.5 Å². The maximum absolute atomic E-state index is 13.9. The Balaban J connectivity index is 2.85. The van der Waals surface area contributed by atoms with Crippen molar-refractivity contribution in [2.45, 2.75) is 33.2 Å². The molecule has 0 fully saturated rings. The first-order valence-electron chi connectivity index (χ1n) is 6.58. The fourth-order valence-electron chi connectivity index (χ4n) is 2.01. The molecular weight excluding hydrogens is 261 g/mol. The average Bonchev–Trinajstić information content (AvgIpc) is 2.38. The van der Waals surface area contributed by atoms with Crippen molar-refractivity contribution in [3.05, 3.63) is 29.6 Å². The van der Waals surface area contributed by atoms with Crippen LogP contribution in [0.1, 0.15) is 38.8 Å². The van der Waals surface area contributed by atoms with Crippen molar-refractivity contribution in [3.63, 3.8) is 0 Å². The summed E-state index contributed by atoms with van der Waals surface area (Å²) in [6.07, 6.45) is 0.301. The van der Waals surface area contributed by atoms with Crippen LogP contribution in [-0.2, 0) is 9.53 Å². The summed E-state index contributed by atoms with van der Waals surface area (Å²) < 4.78 is 23.9. The van der Waals surface area contributed by atoms with E-state index in [2.05, 4.69) is 0 Å². The van der Waals surface area contributed by atoms with Crippen molar-refractivity contribution in [3.8, 4) is 5.75 Å². The summed E-state index contributed by atoms with van der Waals surface area (Å²) in [4.78, 5) is 11.8. The fraction of sp³-hybridized carbons (Fsp3) is 0.533. The van der Waals surface area contributed by atoms with Crippen LogP contribution >= 0.6 is 0 Å². The molecule has 4 nitrogen and oxygen atoms in total. The van der Waals surface area contributed by atoms with Crippen molar-refractivity contribution in [2.75, 3.05) is 13.7 Å². The first kappa shape index (κ1) is 16.4. The largest absolute Gasteiger partial charge is 0.497 e. The van der Waals surface area contributed by atoms with Gasteiger partial charge >= 0.3 is 5.97 Å². The quantitative estimate of drug-likeness (QED) is 0.815. The number of carbonyl (C=O) groups excluding carboxylic acids is 1. The molecule has 0 amide bonds. The topological polar surface area (TPSA) is 61.5 Å². The fourth-order valence-corrected chi connectivity index (χ4v) is 2.01. The Hall–Kier alpha value is -1.62. The normalized spacial score (nSPS) is 12.9. The van der Waals surface area contributed by atoms with Crippen molar-refractivity contribution in [2.24, 2.45) is 11.1 Å². The smallest absolute Gasteiger partial charge is 0.311 e. The Bertz CT molecular complexity index is 474. The zero-order valence-electron chi connectivity index (χ0n) is 12.4. The van der Waals surface area contributed by atoms with Crippen LogP contribution in [0.4, 0.5) is 4.39 Å². The Morgan fingerprint density at radius 1 is 1.45 bits per heavy atom. The average molecular weight is 283 g/mol. The summed E-state index contributed by atoms with van der Waals surface area (Å²) in [6.45, 7) is 5.55. The molecule has 1 unspecified atom stereocenters. The van der Waals surface area contributed by atoms with Gasteiger partial charge in [0.1, 0.15) is 11.6 Å². The third-order valence-corrected chi connectivity index (χ3v) is 3.17. The predicted octanol–water partition coefficient (Wildman–Crippen LogP) is 2.81. The van der Waals surface area contributed by atoms with Gasteiger partial charge in [0.15, 0.2) is 0 Å². The van der Waals surface area contributed by atoms with Crippen LogP contribution in [-0.4, -0.2) is 19.7 Å². The van der Waals surface area contributed by atoms with Gasteiger partial charge in [0, 0.05) is 17.7 Å². The second kappa shape index (κ2) is 6.70. The standard InChI is InChI=1S/C15H22FNO3/c1-5-20-14(18)15(2,3)9-13(17)11-7-6-10(19-4)8-12(11)16/h6-8,13H,5,9,17H2,1-4H3. The number of rotatable bonds is 6. The van der Waals surface area contributed by atoms with Gasteiger partial charge < -0.3 is 15.2 Å². The van der Waals surface area contributed by atoms with E-state index in [1.165, 1.54) is 13.2 Å². The van der Waals surface area contributed by atoms with Gasteiger partial charge in [-0.05, 0) is 33.3 Å². The van der Waals surface area contributed by atoms with E-state index in [1.807, 2.05) is 0 Å². The lowest BCUT2D eigenvalue weighted by Gasteiger charge is -2.26. The predicted molar refractivity (Wildman–Crippen MR) is 74.9 cm³/mol. The van der Waals surface area contributed by atoms with E-state index >= 15 is 0 Å². The summed E-state index contributed by atoms with van der Waals surface area (Å²) in [5.41, 5.74) is 5.62. The number of hydrogen-bond donors (Lipinski definition) is 1. The minimum atomic E-state index is -0.762. The Labute approximate surface area is 119 Å². The highest BCUT2D eigenvalue weighted by Gasteiger charge is 2.32. The van der Waals surface area contributed by atoms with E-state index in [0.717, 1.165) is 0 Å². The molecular formula is C15H22FNO3. The van der Waals surface area contributed by atoms with Crippen molar-refractivity contribution in [1.82, 2.24) is 0 Å². The molecule has 0 bridgehead atoms. The van der Waals surface area contributed by atoms with E-state index in [9.17, 15) is 9.18 Å². The monoisotopic (exact) mass is 283 g/mol. The zero-order valence-corrected chi connectivity index (χ0v) is 12.4. The van der Waals surface area contributed by atoms with E-state index in [0.29, 0.717) is 24.3 Å². The van der Waals surface area contributed by atoms with Crippen molar-refractivity contribution < 1.29 is 18.7 Å². The van der Waals surface area contributed by atoms with Crippen LogP contribution in [0, 0.1) is 11.2 Å². The van der Waals surface area contributed by atoms with Gasteiger partial charge in [0.2, 0.25) is 0 Å². The molecule has 0 radical (unpaired) electrons. The Morgan fingerprint density at radius 3 is 2.60 bits per heavy atom. The molecule has 20 heavy (non-hydrogen) atoms. The molecule has 1 atom stereocenters. The molecule has 0 saturated heterocycles. The maximum Gasteiger partial charge on any atom is 0.311 e. The number of carbonyl (C=O) groups is 1. The minimum absolute atomic E-state index is 0.301. The van der Waals surface area contributed by atoms with Crippen LogP contribution in [0.25, 0.3) is 0 Å².